The quantitative estimate of drug-likeness (QED) is 0.711. The summed E-state index contributed by atoms with van der Waals surface area (Å²) in [7, 11) is 4.17. The zero-order valence-corrected chi connectivity index (χ0v) is 17.5. The van der Waals surface area contributed by atoms with Crippen LogP contribution in [-0.4, -0.2) is 72.2 Å². The van der Waals surface area contributed by atoms with Gasteiger partial charge in [-0.3, -0.25) is 9.47 Å². The highest BCUT2D eigenvalue weighted by Gasteiger charge is 2.35. The molecule has 7 nitrogen and oxygen atoms in total. The van der Waals surface area contributed by atoms with Crippen molar-refractivity contribution in [2.45, 2.75) is 25.4 Å². The second kappa shape index (κ2) is 8.54. The molecule has 1 fully saturated rings. The van der Waals surface area contributed by atoms with Gasteiger partial charge in [-0.25, -0.2) is 9.18 Å². The Kier molecular flexibility index (Phi) is 5.84. The Morgan fingerprint density at radius 1 is 1.23 bits per heavy atom. The lowest BCUT2D eigenvalue weighted by Gasteiger charge is -2.38. The predicted molar refractivity (Wildman–Crippen MR) is 113 cm³/mol. The minimum absolute atomic E-state index is 0.0458. The van der Waals surface area contributed by atoms with Crippen molar-refractivity contribution in [2.75, 3.05) is 51.7 Å². The summed E-state index contributed by atoms with van der Waals surface area (Å²) in [5, 5.41) is 9.00. The van der Waals surface area contributed by atoms with Crippen LogP contribution >= 0.6 is 0 Å². The smallest absolute Gasteiger partial charge is 0.349 e. The molecule has 0 saturated carbocycles. The van der Waals surface area contributed by atoms with E-state index in [1.54, 1.807) is 16.7 Å². The van der Waals surface area contributed by atoms with E-state index in [9.17, 15) is 9.18 Å². The maximum absolute atomic E-state index is 13.5. The van der Waals surface area contributed by atoms with Crippen LogP contribution in [0, 0.1) is 17.1 Å². The monoisotopic (exact) mass is 410 g/mol. The average Bonchev–Trinajstić information content (AvgIpc) is 3.10. The van der Waals surface area contributed by atoms with E-state index in [0.29, 0.717) is 25.4 Å². The standard InChI is InChI=1S/C22H27FN6O/c1-26(2)7-8-27-9-10-28-19(14-27)15-29-21(28)12-18(25-22(29)30)5-3-16-4-6-20(23)17(11-16)13-24/h4,6,11-12,19H,3,5,7-10,14-15H2,1-2H3. The van der Waals surface area contributed by atoms with Gasteiger partial charge in [0, 0.05) is 38.8 Å². The molecule has 2 aliphatic heterocycles. The lowest BCUT2D eigenvalue weighted by Crippen LogP contribution is -2.52. The van der Waals surface area contributed by atoms with Crippen LogP contribution in [0.4, 0.5) is 10.2 Å². The van der Waals surface area contributed by atoms with E-state index in [1.165, 1.54) is 6.07 Å². The third-order valence-corrected chi connectivity index (χ3v) is 5.98. The number of rotatable bonds is 6. The molecule has 1 aromatic carbocycles. The van der Waals surface area contributed by atoms with E-state index in [4.69, 9.17) is 5.26 Å². The van der Waals surface area contributed by atoms with Crippen LogP contribution in [-0.2, 0) is 19.4 Å². The van der Waals surface area contributed by atoms with Gasteiger partial charge in [-0.2, -0.15) is 10.2 Å². The SMILES string of the molecule is CN(C)CCN1CCN2c3cc(CCc4ccc(F)c(C#N)c4)nc(=O)n3CC2C1. The number of fused-ring (bicyclic) bond motifs is 3. The first-order valence-corrected chi connectivity index (χ1v) is 10.4. The third kappa shape index (κ3) is 4.23. The second-order valence-electron chi connectivity index (χ2n) is 8.38. The molecule has 0 spiro atoms. The van der Waals surface area contributed by atoms with Crippen LogP contribution in [0.25, 0.3) is 0 Å². The first kappa shape index (κ1) is 20.5. The Hall–Kier alpha value is -2.76. The molecular weight excluding hydrogens is 383 g/mol. The van der Waals surface area contributed by atoms with E-state index >= 15 is 0 Å². The van der Waals surface area contributed by atoms with Crippen molar-refractivity contribution in [3.63, 3.8) is 0 Å². The first-order chi connectivity index (χ1) is 14.4. The molecule has 1 atom stereocenters. The fraction of sp³-hybridized carbons (Fsp3) is 0.500. The number of nitrogens with zero attached hydrogens (tertiary/aromatic N) is 6. The number of aryl methyl sites for hydroxylation is 2. The fourth-order valence-electron chi connectivity index (χ4n) is 4.30. The predicted octanol–water partition coefficient (Wildman–Crippen LogP) is 1.11. The zero-order chi connectivity index (χ0) is 21.3. The number of likely N-dealkylation sites (N-methyl/N-ethyl adjacent to an activating group) is 1. The lowest BCUT2D eigenvalue weighted by molar-refractivity contribution is 0.203. The topological polar surface area (TPSA) is 68.4 Å². The van der Waals surface area contributed by atoms with Crippen molar-refractivity contribution >= 4 is 5.82 Å². The van der Waals surface area contributed by atoms with Crippen LogP contribution < -0.4 is 10.6 Å². The van der Waals surface area contributed by atoms with Crippen LogP contribution in [0.2, 0.25) is 0 Å². The average molecular weight is 410 g/mol. The Balaban J connectivity index is 1.45. The number of nitriles is 1. The molecule has 4 rings (SSSR count). The van der Waals surface area contributed by atoms with Crippen LogP contribution in [0.3, 0.4) is 0 Å². The lowest BCUT2D eigenvalue weighted by atomic mass is 10.0. The van der Waals surface area contributed by atoms with Gasteiger partial charge in [-0.05, 0) is 44.6 Å². The van der Waals surface area contributed by atoms with Crippen molar-refractivity contribution < 1.29 is 4.39 Å². The molecule has 8 heteroatoms. The zero-order valence-electron chi connectivity index (χ0n) is 17.5. The summed E-state index contributed by atoms with van der Waals surface area (Å²) in [6.07, 6.45) is 1.18. The van der Waals surface area contributed by atoms with Crippen LogP contribution in [0.15, 0.2) is 29.1 Å². The summed E-state index contributed by atoms with van der Waals surface area (Å²) < 4.78 is 15.3. The molecule has 1 unspecified atom stereocenters. The number of anilines is 1. The van der Waals surface area contributed by atoms with Gasteiger partial charge in [-0.15, -0.1) is 0 Å². The van der Waals surface area contributed by atoms with E-state index in [1.807, 2.05) is 12.1 Å². The van der Waals surface area contributed by atoms with E-state index in [2.05, 4.69) is 33.8 Å². The summed E-state index contributed by atoms with van der Waals surface area (Å²) in [5.74, 6) is 0.449. The van der Waals surface area contributed by atoms with Gasteiger partial charge in [-0.1, -0.05) is 6.07 Å². The van der Waals surface area contributed by atoms with E-state index in [0.717, 1.165) is 49.8 Å². The number of aromatic nitrogens is 2. The van der Waals surface area contributed by atoms with Gasteiger partial charge in [0.15, 0.2) is 0 Å². The summed E-state index contributed by atoms with van der Waals surface area (Å²) in [6, 6.07) is 8.76. The molecule has 158 valence electrons. The minimum atomic E-state index is -0.508. The maximum Gasteiger partial charge on any atom is 0.349 e. The highest BCUT2D eigenvalue weighted by molar-refractivity contribution is 5.46. The summed E-state index contributed by atoms with van der Waals surface area (Å²) in [4.78, 5) is 23.9. The second-order valence-corrected chi connectivity index (χ2v) is 8.38. The van der Waals surface area contributed by atoms with Crippen molar-refractivity contribution in [1.82, 2.24) is 19.4 Å². The van der Waals surface area contributed by atoms with Crippen molar-refractivity contribution in [3.05, 3.63) is 57.4 Å². The molecule has 2 aliphatic rings. The molecule has 1 aromatic heterocycles. The van der Waals surface area contributed by atoms with Gasteiger partial charge in [0.25, 0.3) is 0 Å². The highest BCUT2D eigenvalue weighted by atomic mass is 19.1. The molecule has 0 bridgehead atoms. The Morgan fingerprint density at radius 3 is 2.83 bits per heavy atom. The normalized spacial score (nSPS) is 18.4. The van der Waals surface area contributed by atoms with Crippen molar-refractivity contribution in [2.24, 2.45) is 0 Å². The molecule has 0 amide bonds. The number of benzene rings is 1. The number of hydrogen-bond acceptors (Lipinski definition) is 6. The number of halogens is 1. The summed E-state index contributed by atoms with van der Waals surface area (Å²) >= 11 is 0. The molecule has 3 heterocycles. The first-order valence-electron chi connectivity index (χ1n) is 10.4. The van der Waals surface area contributed by atoms with Crippen LogP contribution in [0.1, 0.15) is 16.8 Å². The van der Waals surface area contributed by atoms with Gasteiger partial charge >= 0.3 is 5.69 Å². The van der Waals surface area contributed by atoms with Crippen molar-refractivity contribution in [3.8, 4) is 6.07 Å². The molecule has 2 aromatic rings. The van der Waals surface area contributed by atoms with Gasteiger partial charge in [0.1, 0.15) is 17.7 Å². The molecule has 0 radical (unpaired) electrons. The Labute approximate surface area is 176 Å². The third-order valence-electron chi connectivity index (χ3n) is 5.98. The van der Waals surface area contributed by atoms with Crippen LogP contribution in [0.5, 0.6) is 0 Å². The molecule has 30 heavy (non-hydrogen) atoms. The summed E-state index contributed by atoms with van der Waals surface area (Å²) in [6.45, 7) is 5.60. The molecule has 0 aliphatic carbocycles. The number of hydrogen-bond donors (Lipinski definition) is 0. The van der Waals surface area contributed by atoms with Crippen molar-refractivity contribution in [1.29, 1.82) is 5.26 Å². The highest BCUT2D eigenvalue weighted by Crippen LogP contribution is 2.27. The van der Waals surface area contributed by atoms with Gasteiger partial charge < -0.3 is 9.80 Å². The minimum Gasteiger partial charge on any atom is -0.350 e. The Bertz CT molecular complexity index is 1030. The van der Waals surface area contributed by atoms with Gasteiger partial charge in [0.05, 0.1) is 23.8 Å². The van der Waals surface area contributed by atoms with E-state index < -0.39 is 5.82 Å². The van der Waals surface area contributed by atoms with Gasteiger partial charge in [0.2, 0.25) is 0 Å². The number of piperazine rings is 1. The maximum atomic E-state index is 13.5. The molecule has 0 N–H and O–H groups in total. The van der Waals surface area contributed by atoms with E-state index in [-0.39, 0.29) is 11.3 Å². The summed E-state index contributed by atoms with van der Waals surface area (Å²) in [5.41, 5.74) is 1.45. The fourth-order valence-corrected chi connectivity index (χ4v) is 4.30. The Morgan fingerprint density at radius 2 is 2.07 bits per heavy atom. The molecular formula is C22H27FN6O. The molecule has 1 saturated heterocycles. The largest absolute Gasteiger partial charge is 0.350 e.